The number of carbonyl (C=O) groups is 3. The summed E-state index contributed by atoms with van der Waals surface area (Å²) in [6.07, 6.45) is 2.20. The number of amides is 3. The van der Waals surface area contributed by atoms with Crippen LogP contribution >= 0.6 is 23.4 Å². The van der Waals surface area contributed by atoms with Crippen LogP contribution in [0.2, 0.25) is 5.02 Å². The van der Waals surface area contributed by atoms with Gasteiger partial charge in [0.2, 0.25) is 5.91 Å². The van der Waals surface area contributed by atoms with Gasteiger partial charge in [-0.1, -0.05) is 72.6 Å². The molecule has 4 aromatic rings. The maximum atomic E-state index is 13.5. The molecule has 0 aliphatic carbocycles. The van der Waals surface area contributed by atoms with E-state index in [1.165, 1.54) is 18.9 Å². The molecule has 4 aromatic carbocycles. The Bertz CT molecular complexity index is 1620. The molecule has 0 saturated carbocycles. The largest absolute Gasteiger partial charge is 0.495 e. The van der Waals surface area contributed by atoms with Crippen molar-refractivity contribution in [2.45, 2.75) is 30.4 Å². The van der Waals surface area contributed by atoms with Gasteiger partial charge in [0.15, 0.2) is 0 Å². The normalized spacial score (nSPS) is 11.8. The van der Waals surface area contributed by atoms with Gasteiger partial charge in [0.25, 0.3) is 11.8 Å². The minimum absolute atomic E-state index is 0.0945. The van der Waals surface area contributed by atoms with Crippen molar-refractivity contribution < 1.29 is 19.1 Å². The highest BCUT2D eigenvalue weighted by Crippen LogP contribution is 2.31. The first-order valence-electron chi connectivity index (χ1n) is 13.6. The summed E-state index contributed by atoms with van der Waals surface area (Å²) in [6.45, 7) is 3.90. The second kappa shape index (κ2) is 15.1. The van der Waals surface area contributed by atoms with Crippen molar-refractivity contribution in [2.75, 3.05) is 17.7 Å². The van der Waals surface area contributed by atoms with E-state index in [0.717, 1.165) is 16.0 Å². The molecular formula is C34H32ClN3O4S. The zero-order valence-electron chi connectivity index (χ0n) is 24.0. The quantitative estimate of drug-likeness (QED) is 0.120. The molecule has 0 aromatic heterocycles. The Kier molecular flexibility index (Phi) is 11.0. The molecule has 0 fully saturated rings. The van der Waals surface area contributed by atoms with E-state index in [1.54, 1.807) is 66.7 Å². The number of anilines is 2. The summed E-state index contributed by atoms with van der Waals surface area (Å²) in [5.41, 5.74) is 3.38. The van der Waals surface area contributed by atoms with Gasteiger partial charge in [0.05, 0.1) is 18.0 Å². The smallest absolute Gasteiger partial charge is 0.272 e. The number of nitrogens with one attached hydrogen (secondary N) is 3. The number of hydrogen-bond acceptors (Lipinski definition) is 5. The number of ether oxygens (including phenoxy) is 1. The first-order valence-corrected chi connectivity index (χ1v) is 14.9. The fourth-order valence-electron chi connectivity index (χ4n) is 4.09. The molecule has 0 radical (unpaired) electrons. The Balaban J connectivity index is 1.50. The SMILES string of the molecule is CCC(Sc1cccc(NC(=O)/C(=C\c2ccc(C)cc2)NC(=O)c2ccccc2)c1)C(=O)Nc1cc(Cl)ccc1OC. The number of rotatable bonds is 11. The van der Waals surface area contributed by atoms with Crippen LogP contribution in [-0.4, -0.2) is 30.1 Å². The molecule has 3 amide bonds. The van der Waals surface area contributed by atoms with Crippen molar-refractivity contribution in [1.82, 2.24) is 5.32 Å². The van der Waals surface area contributed by atoms with Gasteiger partial charge in [-0.2, -0.15) is 0 Å². The third-order valence-corrected chi connectivity index (χ3v) is 7.96. The molecule has 4 rings (SSSR count). The summed E-state index contributed by atoms with van der Waals surface area (Å²) >= 11 is 7.49. The van der Waals surface area contributed by atoms with Crippen LogP contribution in [-0.2, 0) is 9.59 Å². The van der Waals surface area contributed by atoms with Crippen molar-refractivity contribution in [3.63, 3.8) is 0 Å². The van der Waals surface area contributed by atoms with Crippen LogP contribution in [0.5, 0.6) is 5.75 Å². The topological polar surface area (TPSA) is 96.5 Å². The lowest BCUT2D eigenvalue weighted by Crippen LogP contribution is -2.30. The maximum absolute atomic E-state index is 13.5. The van der Waals surface area contributed by atoms with Crippen LogP contribution in [0.1, 0.15) is 34.8 Å². The lowest BCUT2D eigenvalue weighted by atomic mass is 10.1. The van der Waals surface area contributed by atoms with E-state index < -0.39 is 17.1 Å². The molecule has 0 spiro atoms. The molecule has 7 nitrogen and oxygen atoms in total. The molecule has 43 heavy (non-hydrogen) atoms. The predicted octanol–water partition coefficient (Wildman–Crippen LogP) is 7.58. The van der Waals surface area contributed by atoms with Crippen molar-refractivity contribution in [3.8, 4) is 5.75 Å². The highest BCUT2D eigenvalue weighted by molar-refractivity contribution is 8.00. The van der Waals surface area contributed by atoms with Gasteiger partial charge in [-0.3, -0.25) is 14.4 Å². The minimum Gasteiger partial charge on any atom is -0.495 e. The second-order valence-corrected chi connectivity index (χ2v) is 11.3. The lowest BCUT2D eigenvalue weighted by molar-refractivity contribution is -0.116. The fourth-order valence-corrected chi connectivity index (χ4v) is 5.28. The lowest BCUT2D eigenvalue weighted by Gasteiger charge is -2.17. The van der Waals surface area contributed by atoms with Gasteiger partial charge in [-0.25, -0.2) is 0 Å². The molecular weight excluding hydrogens is 582 g/mol. The highest BCUT2D eigenvalue weighted by atomic mass is 35.5. The van der Waals surface area contributed by atoms with E-state index in [4.69, 9.17) is 16.3 Å². The van der Waals surface area contributed by atoms with Crippen LogP contribution in [0.25, 0.3) is 6.08 Å². The molecule has 1 atom stereocenters. The first kappa shape index (κ1) is 31.4. The van der Waals surface area contributed by atoms with Gasteiger partial charge >= 0.3 is 0 Å². The van der Waals surface area contributed by atoms with E-state index in [2.05, 4.69) is 16.0 Å². The summed E-state index contributed by atoms with van der Waals surface area (Å²) in [5.74, 6) is -0.568. The number of hydrogen-bond donors (Lipinski definition) is 3. The highest BCUT2D eigenvalue weighted by Gasteiger charge is 2.21. The monoisotopic (exact) mass is 613 g/mol. The van der Waals surface area contributed by atoms with Gasteiger partial charge in [0.1, 0.15) is 11.4 Å². The number of methoxy groups -OCH3 is 1. The Hall–Kier alpha value is -4.53. The van der Waals surface area contributed by atoms with Crippen LogP contribution in [0.3, 0.4) is 0 Å². The van der Waals surface area contributed by atoms with Gasteiger partial charge in [-0.05, 0) is 73.5 Å². The van der Waals surface area contributed by atoms with E-state index in [0.29, 0.717) is 34.1 Å². The number of halogens is 1. The van der Waals surface area contributed by atoms with E-state index in [9.17, 15) is 14.4 Å². The van der Waals surface area contributed by atoms with Crippen LogP contribution in [0.4, 0.5) is 11.4 Å². The Morgan fingerprint density at radius 3 is 2.35 bits per heavy atom. The average molecular weight is 614 g/mol. The summed E-state index contributed by atoms with van der Waals surface area (Å²) < 4.78 is 5.35. The van der Waals surface area contributed by atoms with Gasteiger partial charge < -0.3 is 20.7 Å². The molecule has 220 valence electrons. The second-order valence-electron chi connectivity index (χ2n) is 9.62. The Labute approximate surface area is 260 Å². The predicted molar refractivity (Wildman–Crippen MR) is 175 cm³/mol. The summed E-state index contributed by atoms with van der Waals surface area (Å²) in [7, 11) is 1.53. The third-order valence-electron chi connectivity index (χ3n) is 6.37. The van der Waals surface area contributed by atoms with Crippen molar-refractivity contribution in [1.29, 1.82) is 0 Å². The molecule has 0 heterocycles. The molecule has 1 unspecified atom stereocenters. The Morgan fingerprint density at radius 1 is 0.907 bits per heavy atom. The average Bonchev–Trinajstić information content (AvgIpc) is 3.01. The van der Waals surface area contributed by atoms with E-state index >= 15 is 0 Å². The number of aryl methyl sites for hydroxylation is 1. The third kappa shape index (κ3) is 8.98. The van der Waals surface area contributed by atoms with Gasteiger partial charge in [-0.15, -0.1) is 11.8 Å². The van der Waals surface area contributed by atoms with E-state index in [1.807, 2.05) is 50.2 Å². The minimum atomic E-state index is -0.482. The first-order chi connectivity index (χ1) is 20.7. The number of carbonyl (C=O) groups excluding carboxylic acids is 3. The zero-order chi connectivity index (χ0) is 30.8. The summed E-state index contributed by atoms with van der Waals surface area (Å²) in [5, 5.41) is 8.61. The summed E-state index contributed by atoms with van der Waals surface area (Å²) in [4.78, 5) is 40.3. The fraction of sp³-hybridized carbons (Fsp3) is 0.147. The maximum Gasteiger partial charge on any atom is 0.272 e. The number of benzene rings is 4. The molecule has 0 aliphatic rings. The van der Waals surface area contributed by atoms with E-state index in [-0.39, 0.29) is 11.6 Å². The van der Waals surface area contributed by atoms with Gasteiger partial charge in [0, 0.05) is 21.2 Å². The van der Waals surface area contributed by atoms with Crippen molar-refractivity contribution in [3.05, 3.63) is 124 Å². The van der Waals surface area contributed by atoms with Crippen molar-refractivity contribution in [2.24, 2.45) is 0 Å². The molecule has 9 heteroatoms. The molecule has 0 bridgehead atoms. The molecule has 3 N–H and O–H groups in total. The zero-order valence-corrected chi connectivity index (χ0v) is 25.6. The number of thioether (sulfide) groups is 1. The summed E-state index contributed by atoms with van der Waals surface area (Å²) in [6, 6.07) is 28.6. The Morgan fingerprint density at radius 2 is 1.65 bits per heavy atom. The van der Waals surface area contributed by atoms with Crippen LogP contribution in [0, 0.1) is 6.92 Å². The molecule has 0 saturated heterocycles. The standard InChI is InChI=1S/C34H32ClN3O4S/c1-4-31(34(41)37-28-20-25(35)17-18-30(28)42-3)43-27-12-8-11-26(21-27)36-33(40)29(19-23-15-13-22(2)14-16-23)38-32(39)24-9-6-5-7-10-24/h5-21,31H,4H2,1-3H3,(H,36,40)(H,37,41)(H,38,39)/b29-19+. The van der Waals surface area contributed by atoms with Crippen LogP contribution in [0.15, 0.2) is 108 Å². The molecule has 0 aliphatic heterocycles. The van der Waals surface area contributed by atoms with Crippen LogP contribution < -0.4 is 20.7 Å². The van der Waals surface area contributed by atoms with Crippen molar-refractivity contribution >= 4 is 58.5 Å².